The third-order valence-corrected chi connectivity index (χ3v) is 7.01. The van der Waals surface area contributed by atoms with Gasteiger partial charge in [-0.3, -0.25) is 9.29 Å². The summed E-state index contributed by atoms with van der Waals surface area (Å²) >= 11 is 7.41. The van der Waals surface area contributed by atoms with E-state index in [0.717, 1.165) is 25.1 Å². The fourth-order valence-electron chi connectivity index (χ4n) is 4.30. The number of halogens is 1. The molecule has 9 nitrogen and oxygen atoms in total. The Morgan fingerprint density at radius 3 is 2.55 bits per heavy atom. The molecule has 2 aromatic heterocycles. The lowest BCUT2D eigenvalue weighted by atomic mass is 9.90. The van der Waals surface area contributed by atoms with Crippen LogP contribution in [-0.4, -0.2) is 56.9 Å². The second kappa shape index (κ2) is 8.82. The molecular formula is C20H29ClN6O3S. The molecule has 1 N–H and O–H groups in total. The number of hydrogen-bond acceptors (Lipinski definition) is 9. The summed E-state index contributed by atoms with van der Waals surface area (Å²) in [6, 6.07) is 0. The van der Waals surface area contributed by atoms with E-state index in [1.807, 2.05) is 6.92 Å². The largest absolute Gasteiger partial charge is 0.382 e. The lowest BCUT2D eigenvalue weighted by Gasteiger charge is -2.43. The molecule has 2 fully saturated rings. The quantitative estimate of drug-likeness (QED) is 0.523. The highest BCUT2D eigenvalue weighted by Crippen LogP contribution is 2.50. The first-order valence-electron chi connectivity index (χ1n) is 10.4. The number of ether oxygens (including phenoxy) is 3. The summed E-state index contributed by atoms with van der Waals surface area (Å²) in [5.74, 6) is 2.12. The number of methoxy groups -OCH3 is 2. The highest BCUT2D eigenvalue weighted by atomic mass is 35.5. The number of anilines is 1. The van der Waals surface area contributed by atoms with Crippen molar-refractivity contribution < 1.29 is 14.2 Å². The van der Waals surface area contributed by atoms with Crippen LogP contribution in [0.2, 0.25) is 5.02 Å². The summed E-state index contributed by atoms with van der Waals surface area (Å²) in [7, 11) is 3.38. The number of nitrogens with zero attached hydrogens (tertiary/aromatic N) is 5. The Bertz CT molecular complexity index is 901. The van der Waals surface area contributed by atoms with E-state index < -0.39 is 5.60 Å². The minimum Gasteiger partial charge on any atom is -0.382 e. The second-order valence-corrected chi connectivity index (χ2v) is 10.2. The zero-order valence-electron chi connectivity index (χ0n) is 18.5. The monoisotopic (exact) mass is 468 g/mol. The van der Waals surface area contributed by atoms with Crippen molar-refractivity contribution in [2.24, 2.45) is 0 Å². The predicted molar refractivity (Wildman–Crippen MR) is 119 cm³/mol. The maximum absolute atomic E-state index is 6.07. The van der Waals surface area contributed by atoms with E-state index >= 15 is 0 Å². The van der Waals surface area contributed by atoms with Gasteiger partial charge in [0.2, 0.25) is 5.95 Å². The molecule has 1 aliphatic carbocycles. The van der Waals surface area contributed by atoms with Crippen LogP contribution in [0.15, 0.2) is 12.4 Å². The molecule has 1 saturated heterocycles. The van der Waals surface area contributed by atoms with E-state index in [9.17, 15) is 0 Å². The Balaban J connectivity index is 1.54. The van der Waals surface area contributed by atoms with Crippen LogP contribution in [0.25, 0.3) is 0 Å². The molecule has 1 aliphatic heterocycles. The Morgan fingerprint density at radius 1 is 1.32 bits per heavy atom. The molecule has 1 saturated carbocycles. The van der Waals surface area contributed by atoms with Gasteiger partial charge in [0.15, 0.2) is 11.6 Å². The van der Waals surface area contributed by atoms with Gasteiger partial charge in [0, 0.05) is 33.0 Å². The average molecular weight is 469 g/mol. The van der Waals surface area contributed by atoms with Crippen LogP contribution in [0.4, 0.5) is 5.95 Å². The van der Waals surface area contributed by atoms with Crippen molar-refractivity contribution in [2.45, 2.75) is 68.6 Å². The van der Waals surface area contributed by atoms with Crippen molar-refractivity contribution in [3.05, 3.63) is 29.1 Å². The van der Waals surface area contributed by atoms with Crippen LogP contribution in [0.3, 0.4) is 0 Å². The molecule has 2 aliphatic rings. The number of rotatable bonds is 10. The molecule has 0 aromatic carbocycles. The van der Waals surface area contributed by atoms with Crippen LogP contribution in [0.5, 0.6) is 0 Å². The Hall–Kier alpha value is -1.46. The van der Waals surface area contributed by atoms with Gasteiger partial charge in [0.25, 0.3) is 0 Å². The van der Waals surface area contributed by atoms with E-state index in [0.29, 0.717) is 23.4 Å². The van der Waals surface area contributed by atoms with Gasteiger partial charge in [-0.15, -0.1) is 10.2 Å². The first-order valence-corrected chi connectivity index (χ1v) is 11.6. The zero-order chi connectivity index (χ0) is 22.2. The van der Waals surface area contributed by atoms with Crippen LogP contribution >= 0.6 is 23.5 Å². The van der Waals surface area contributed by atoms with E-state index in [1.54, 1.807) is 26.6 Å². The third kappa shape index (κ3) is 4.41. The van der Waals surface area contributed by atoms with Gasteiger partial charge in [-0.2, -0.15) is 0 Å². The highest BCUT2D eigenvalue weighted by molar-refractivity contribution is 8.01. The van der Waals surface area contributed by atoms with Crippen LogP contribution in [0, 0.1) is 0 Å². The minimum atomic E-state index is -0.432. The number of aromatic nitrogens is 5. The second-order valence-electron chi connectivity index (χ2n) is 8.54. The smallest absolute Gasteiger partial charge is 0.235 e. The summed E-state index contributed by atoms with van der Waals surface area (Å²) in [6.07, 6.45) is 6.01. The predicted octanol–water partition coefficient (Wildman–Crippen LogP) is 3.72. The lowest BCUT2D eigenvalue weighted by molar-refractivity contribution is -0.200. The molecule has 0 amide bonds. The Morgan fingerprint density at radius 2 is 2.00 bits per heavy atom. The molecule has 11 heteroatoms. The SMILES string of the molecule is COCC1(n2c(NSC(C)[C@H](OC)c3ncc(Cl)cn3)nnc2C2(C)C[C@@H](C)O2)CC1. The molecular weight excluding hydrogens is 440 g/mol. The van der Waals surface area contributed by atoms with Gasteiger partial charge in [0.1, 0.15) is 11.7 Å². The molecule has 31 heavy (non-hydrogen) atoms. The van der Waals surface area contributed by atoms with E-state index in [-0.39, 0.29) is 23.0 Å². The first kappa shape index (κ1) is 22.7. The number of nitrogens with one attached hydrogen (secondary N) is 1. The molecule has 2 aromatic rings. The number of hydrogen-bond donors (Lipinski definition) is 1. The molecule has 170 valence electrons. The third-order valence-electron chi connectivity index (χ3n) is 5.90. The highest BCUT2D eigenvalue weighted by Gasteiger charge is 2.53. The van der Waals surface area contributed by atoms with Gasteiger partial charge in [-0.1, -0.05) is 11.6 Å². The van der Waals surface area contributed by atoms with Gasteiger partial charge in [0.05, 0.1) is 28.5 Å². The first-order chi connectivity index (χ1) is 14.8. The summed E-state index contributed by atoms with van der Waals surface area (Å²) in [5.41, 5.74) is -0.566. The molecule has 0 spiro atoms. The maximum Gasteiger partial charge on any atom is 0.235 e. The maximum atomic E-state index is 6.07. The summed E-state index contributed by atoms with van der Waals surface area (Å²) in [4.78, 5) is 8.61. The van der Waals surface area contributed by atoms with Crippen molar-refractivity contribution >= 4 is 29.5 Å². The van der Waals surface area contributed by atoms with Crippen molar-refractivity contribution in [1.82, 2.24) is 24.7 Å². The van der Waals surface area contributed by atoms with Gasteiger partial charge in [-0.25, -0.2) is 9.97 Å². The van der Waals surface area contributed by atoms with Crippen molar-refractivity contribution in [1.29, 1.82) is 0 Å². The fraction of sp³-hybridized carbons (Fsp3) is 0.700. The summed E-state index contributed by atoms with van der Waals surface area (Å²) in [5, 5.41) is 9.49. The van der Waals surface area contributed by atoms with Crippen LogP contribution in [0.1, 0.15) is 57.8 Å². The molecule has 2 unspecified atom stereocenters. The van der Waals surface area contributed by atoms with E-state index in [2.05, 4.69) is 43.3 Å². The summed E-state index contributed by atoms with van der Waals surface area (Å²) < 4.78 is 22.9. The fourth-order valence-corrected chi connectivity index (χ4v) is 5.18. The molecule has 4 rings (SSSR count). The van der Waals surface area contributed by atoms with Crippen molar-refractivity contribution in [3.63, 3.8) is 0 Å². The van der Waals surface area contributed by atoms with Crippen LogP contribution in [-0.2, 0) is 25.4 Å². The van der Waals surface area contributed by atoms with Gasteiger partial charge in [-0.05, 0) is 45.6 Å². The van der Waals surface area contributed by atoms with Crippen LogP contribution < -0.4 is 4.72 Å². The molecule has 3 heterocycles. The standard InChI is InChI=1S/C20H29ClN6O3S/c1-12-8-19(3,30-12)17-24-25-18(27(17)20(6-7-20)11-28-4)26-31-13(2)15(29-5)16-22-9-14(21)10-23-16/h9-10,12-13,15H,6-8,11H2,1-5H3,(H,25,26)/t12-,13?,15+,19?/m1/s1. The van der Waals surface area contributed by atoms with Crippen molar-refractivity contribution in [2.75, 3.05) is 25.5 Å². The van der Waals surface area contributed by atoms with Crippen molar-refractivity contribution in [3.8, 4) is 0 Å². The van der Waals surface area contributed by atoms with Gasteiger partial charge >= 0.3 is 0 Å². The molecule has 4 atom stereocenters. The molecule has 0 radical (unpaired) electrons. The van der Waals surface area contributed by atoms with E-state index in [1.165, 1.54) is 11.9 Å². The lowest BCUT2D eigenvalue weighted by Crippen LogP contribution is -2.47. The van der Waals surface area contributed by atoms with Gasteiger partial charge < -0.3 is 14.2 Å². The summed E-state index contributed by atoms with van der Waals surface area (Å²) in [6.45, 7) is 6.81. The normalized spacial score (nSPS) is 26.2. The Labute approximate surface area is 191 Å². The zero-order valence-corrected chi connectivity index (χ0v) is 20.0. The van der Waals surface area contributed by atoms with E-state index in [4.69, 9.17) is 25.8 Å². The topological polar surface area (TPSA) is 96.2 Å². The Kier molecular flexibility index (Phi) is 6.47. The average Bonchev–Trinajstić information content (AvgIpc) is 3.36. The minimum absolute atomic E-state index is 0.00656. The molecule has 0 bridgehead atoms.